The van der Waals surface area contributed by atoms with Crippen LogP contribution in [0, 0.1) is 6.92 Å². The summed E-state index contributed by atoms with van der Waals surface area (Å²) in [5, 5.41) is 3.47. The van der Waals surface area contributed by atoms with Crippen molar-refractivity contribution in [2.45, 2.75) is 25.8 Å². The lowest BCUT2D eigenvalue weighted by molar-refractivity contribution is 0.401. The fraction of sp³-hybridized carbons (Fsp3) is 0.545. The van der Waals surface area contributed by atoms with Crippen LogP contribution in [0.4, 0.5) is 0 Å². The van der Waals surface area contributed by atoms with E-state index >= 15 is 0 Å². The Morgan fingerprint density at radius 2 is 2.43 bits per heavy atom. The van der Waals surface area contributed by atoms with Gasteiger partial charge in [-0.15, -0.1) is 0 Å². The van der Waals surface area contributed by atoms with E-state index in [0.717, 1.165) is 18.0 Å². The van der Waals surface area contributed by atoms with E-state index in [1.807, 2.05) is 13.0 Å². The maximum Gasteiger partial charge on any atom is 0.126 e. The fourth-order valence-electron chi connectivity index (χ4n) is 2.09. The number of nitrogens with one attached hydrogen (secondary N) is 1. The van der Waals surface area contributed by atoms with Crippen molar-refractivity contribution in [3.63, 3.8) is 0 Å². The first-order chi connectivity index (χ1) is 6.83. The minimum atomic E-state index is 0.429. The van der Waals surface area contributed by atoms with Crippen molar-refractivity contribution in [2.24, 2.45) is 0 Å². The topological polar surface area (TPSA) is 34.1 Å². The monoisotopic (exact) mass is 192 g/mol. The van der Waals surface area contributed by atoms with Crippen LogP contribution in [0.1, 0.15) is 30.1 Å². The number of aryl methyl sites for hydroxylation is 1. The molecule has 14 heavy (non-hydrogen) atoms. The molecule has 0 aromatic carbocycles. The van der Waals surface area contributed by atoms with Crippen LogP contribution in [-0.2, 0) is 0 Å². The number of ether oxygens (including phenoxy) is 1. The highest BCUT2D eigenvalue weighted by molar-refractivity contribution is 5.38. The molecular formula is C11H16N2O. The molecule has 1 aliphatic rings. The zero-order valence-corrected chi connectivity index (χ0v) is 8.71. The Hall–Kier alpha value is -1.09. The molecule has 76 valence electrons. The molecule has 0 saturated carbocycles. The predicted molar refractivity (Wildman–Crippen MR) is 55.5 cm³/mol. The van der Waals surface area contributed by atoms with Crippen molar-refractivity contribution in [1.29, 1.82) is 0 Å². The molecule has 0 bridgehead atoms. The van der Waals surface area contributed by atoms with Crippen molar-refractivity contribution < 1.29 is 4.74 Å². The van der Waals surface area contributed by atoms with Gasteiger partial charge in [-0.3, -0.25) is 4.98 Å². The van der Waals surface area contributed by atoms with Crippen LogP contribution in [-0.4, -0.2) is 18.6 Å². The van der Waals surface area contributed by atoms with Gasteiger partial charge in [-0.25, -0.2) is 0 Å². The van der Waals surface area contributed by atoms with E-state index in [2.05, 4.69) is 10.3 Å². The third-order valence-electron chi connectivity index (χ3n) is 2.78. The Morgan fingerprint density at radius 1 is 1.57 bits per heavy atom. The van der Waals surface area contributed by atoms with E-state index in [1.165, 1.54) is 18.4 Å². The average Bonchev–Trinajstić information content (AvgIpc) is 2.70. The summed E-state index contributed by atoms with van der Waals surface area (Å²) in [4.78, 5) is 4.31. The van der Waals surface area contributed by atoms with Crippen LogP contribution in [0.25, 0.3) is 0 Å². The molecular weight excluding hydrogens is 176 g/mol. The summed E-state index contributed by atoms with van der Waals surface area (Å²) >= 11 is 0. The fourth-order valence-corrected chi connectivity index (χ4v) is 2.09. The Kier molecular flexibility index (Phi) is 2.68. The Bertz CT molecular complexity index is 319. The van der Waals surface area contributed by atoms with Crippen LogP contribution >= 0.6 is 0 Å². The first-order valence-electron chi connectivity index (χ1n) is 5.06. The smallest absolute Gasteiger partial charge is 0.126 e. The van der Waals surface area contributed by atoms with E-state index in [9.17, 15) is 0 Å². The maximum absolute atomic E-state index is 5.36. The quantitative estimate of drug-likeness (QED) is 0.776. The van der Waals surface area contributed by atoms with Crippen molar-refractivity contribution in [1.82, 2.24) is 10.3 Å². The molecule has 1 fully saturated rings. The number of nitrogens with zero attached hydrogens (tertiary/aromatic N) is 1. The van der Waals surface area contributed by atoms with Gasteiger partial charge in [-0.05, 0) is 32.4 Å². The Morgan fingerprint density at radius 3 is 3.07 bits per heavy atom. The molecule has 1 aromatic rings. The van der Waals surface area contributed by atoms with Crippen molar-refractivity contribution in [2.75, 3.05) is 13.7 Å². The van der Waals surface area contributed by atoms with Gasteiger partial charge in [0, 0.05) is 23.5 Å². The molecule has 0 aliphatic carbocycles. The summed E-state index contributed by atoms with van der Waals surface area (Å²) in [6, 6.07) is 2.36. The number of methoxy groups -OCH3 is 1. The number of hydrogen-bond donors (Lipinski definition) is 1. The number of hydrogen-bond acceptors (Lipinski definition) is 3. The molecule has 0 amide bonds. The third-order valence-corrected chi connectivity index (χ3v) is 2.78. The molecule has 1 N–H and O–H groups in total. The van der Waals surface area contributed by atoms with E-state index in [1.54, 1.807) is 13.3 Å². The second kappa shape index (κ2) is 3.96. The lowest BCUT2D eigenvalue weighted by Gasteiger charge is -2.16. The molecule has 1 unspecified atom stereocenters. The Balaban J connectivity index is 2.37. The van der Waals surface area contributed by atoms with E-state index in [4.69, 9.17) is 4.74 Å². The molecule has 1 atom stereocenters. The first-order valence-corrected chi connectivity index (χ1v) is 5.06. The number of pyridine rings is 1. The van der Waals surface area contributed by atoms with E-state index in [0.29, 0.717) is 6.04 Å². The summed E-state index contributed by atoms with van der Waals surface area (Å²) in [5.41, 5.74) is 2.30. The van der Waals surface area contributed by atoms with Gasteiger partial charge in [0.25, 0.3) is 0 Å². The van der Waals surface area contributed by atoms with Crippen LogP contribution in [0.3, 0.4) is 0 Å². The van der Waals surface area contributed by atoms with Gasteiger partial charge < -0.3 is 10.1 Å². The van der Waals surface area contributed by atoms with E-state index in [-0.39, 0.29) is 0 Å². The van der Waals surface area contributed by atoms with Gasteiger partial charge in [-0.2, -0.15) is 0 Å². The average molecular weight is 192 g/mol. The van der Waals surface area contributed by atoms with Crippen LogP contribution < -0.4 is 10.1 Å². The van der Waals surface area contributed by atoms with Crippen LogP contribution in [0.5, 0.6) is 5.75 Å². The van der Waals surface area contributed by atoms with Gasteiger partial charge in [0.2, 0.25) is 0 Å². The summed E-state index contributed by atoms with van der Waals surface area (Å²) in [7, 11) is 1.72. The molecule has 3 heteroatoms. The summed E-state index contributed by atoms with van der Waals surface area (Å²) in [6.07, 6.45) is 4.22. The molecule has 0 radical (unpaired) electrons. The van der Waals surface area contributed by atoms with Gasteiger partial charge in [0.05, 0.1) is 7.11 Å². The first kappa shape index (κ1) is 9.46. The van der Waals surface area contributed by atoms with Gasteiger partial charge >= 0.3 is 0 Å². The minimum absolute atomic E-state index is 0.429. The number of rotatable bonds is 2. The SMILES string of the molecule is COc1ccnc(C)c1C1CCCN1. The molecule has 1 aliphatic heterocycles. The molecule has 1 aromatic heterocycles. The summed E-state index contributed by atoms with van der Waals surface area (Å²) < 4.78 is 5.36. The van der Waals surface area contributed by atoms with Crippen LogP contribution in [0.2, 0.25) is 0 Å². The standard InChI is InChI=1S/C11H16N2O/c1-8-11(9-4-3-6-13-9)10(14-2)5-7-12-8/h5,7,9,13H,3-4,6H2,1-2H3. The molecule has 2 rings (SSSR count). The molecule has 0 spiro atoms. The zero-order valence-electron chi connectivity index (χ0n) is 8.71. The van der Waals surface area contributed by atoms with Crippen molar-refractivity contribution in [3.8, 4) is 5.75 Å². The van der Waals surface area contributed by atoms with Gasteiger partial charge in [0.15, 0.2) is 0 Å². The maximum atomic E-state index is 5.36. The van der Waals surface area contributed by atoms with Crippen molar-refractivity contribution >= 4 is 0 Å². The molecule has 1 saturated heterocycles. The second-order valence-electron chi connectivity index (χ2n) is 3.66. The van der Waals surface area contributed by atoms with Crippen molar-refractivity contribution in [3.05, 3.63) is 23.5 Å². The largest absolute Gasteiger partial charge is 0.496 e. The molecule has 2 heterocycles. The lowest BCUT2D eigenvalue weighted by Crippen LogP contribution is -2.15. The normalized spacial score (nSPS) is 21.1. The van der Waals surface area contributed by atoms with Gasteiger partial charge in [0.1, 0.15) is 5.75 Å². The second-order valence-corrected chi connectivity index (χ2v) is 3.66. The summed E-state index contributed by atoms with van der Waals surface area (Å²) in [5.74, 6) is 0.955. The third kappa shape index (κ3) is 1.60. The highest BCUT2D eigenvalue weighted by atomic mass is 16.5. The lowest BCUT2D eigenvalue weighted by atomic mass is 10.0. The summed E-state index contributed by atoms with van der Waals surface area (Å²) in [6.45, 7) is 3.14. The van der Waals surface area contributed by atoms with E-state index < -0.39 is 0 Å². The highest BCUT2D eigenvalue weighted by Crippen LogP contribution is 2.31. The van der Waals surface area contributed by atoms with Gasteiger partial charge in [-0.1, -0.05) is 0 Å². The molecule has 3 nitrogen and oxygen atoms in total. The van der Waals surface area contributed by atoms with Crippen LogP contribution in [0.15, 0.2) is 12.3 Å². The number of aromatic nitrogens is 1. The highest BCUT2D eigenvalue weighted by Gasteiger charge is 2.21. The minimum Gasteiger partial charge on any atom is -0.496 e. The Labute approximate surface area is 84.5 Å². The predicted octanol–water partition coefficient (Wildman–Crippen LogP) is 1.82. The zero-order chi connectivity index (χ0) is 9.97.